The summed E-state index contributed by atoms with van der Waals surface area (Å²) >= 11 is 3.85. The van der Waals surface area contributed by atoms with E-state index in [4.69, 9.17) is 0 Å². The molecule has 1 heterocycles. The average Bonchev–Trinajstić information content (AvgIpc) is 2.95. The van der Waals surface area contributed by atoms with Crippen LogP contribution < -0.4 is 5.56 Å². The lowest BCUT2D eigenvalue weighted by Gasteiger charge is -2.12. The molecule has 0 amide bonds. The van der Waals surface area contributed by atoms with Crippen LogP contribution in [0.25, 0.3) is 0 Å². The fraction of sp³-hybridized carbons (Fsp3) is 0.818. The molecular weight excluding hydrogens is 404 g/mol. The first-order valence-electron chi connectivity index (χ1n) is 11.3. The summed E-state index contributed by atoms with van der Waals surface area (Å²) in [6.07, 6.45) is 12.4. The highest BCUT2D eigenvalue weighted by Gasteiger charge is 2.18. The lowest BCUT2D eigenvalue weighted by molar-refractivity contribution is 0.111. The molecule has 0 unspecified atom stereocenters. The summed E-state index contributed by atoms with van der Waals surface area (Å²) in [6.45, 7) is 5.55. The van der Waals surface area contributed by atoms with Gasteiger partial charge < -0.3 is 5.11 Å². The minimum Gasteiger partial charge on any atom is -0.493 e. The Bertz CT molecular complexity index is 614. The fourth-order valence-corrected chi connectivity index (χ4v) is 5.14. The van der Waals surface area contributed by atoms with Crippen LogP contribution in [-0.2, 0) is 13.1 Å². The van der Waals surface area contributed by atoms with Crippen molar-refractivity contribution in [2.75, 3.05) is 23.0 Å². The van der Waals surface area contributed by atoms with Gasteiger partial charge in [0, 0.05) is 13.1 Å². The normalized spacial score (nSPS) is 11.2. The summed E-state index contributed by atoms with van der Waals surface area (Å²) in [6, 6.07) is 0. The molecule has 0 atom stereocenters. The Morgan fingerprint density at radius 3 is 1.72 bits per heavy atom. The monoisotopic (exact) mass is 444 g/mol. The Kier molecular flexibility index (Phi) is 15.3. The Morgan fingerprint density at radius 2 is 1.24 bits per heavy atom. The number of aromatic hydroxyl groups is 1. The van der Waals surface area contributed by atoms with Gasteiger partial charge in [-0.05, 0) is 48.7 Å². The third-order valence-corrected chi connectivity index (χ3v) is 7.27. The SMILES string of the molecule is CCCCCCSCCCn1c(O)c(C=O)c(=O)n1CCCSCCCCCC. The molecule has 0 spiro atoms. The molecule has 5 nitrogen and oxygen atoms in total. The number of rotatable bonds is 19. The van der Waals surface area contributed by atoms with Gasteiger partial charge in [-0.2, -0.15) is 23.5 Å². The van der Waals surface area contributed by atoms with Crippen LogP contribution in [0, 0.1) is 0 Å². The molecule has 1 aromatic rings. The molecule has 168 valence electrons. The van der Waals surface area contributed by atoms with E-state index in [1.807, 2.05) is 23.5 Å². The van der Waals surface area contributed by atoms with Crippen molar-refractivity contribution in [2.24, 2.45) is 0 Å². The van der Waals surface area contributed by atoms with Crippen LogP contribution in [0.15, 0.2) is 4.79 Å². The molecule has 0 aliphatic carbocycles. The zero-order valence-corrected chi connectivity index (χ0v) is 20.0. The van der Waals surface area contributed by atoms with Gasteiger partial charge in [0.1, 0.15) is 5.56 Å². The van der Waals surface area contributed by atoms with Crippen molar-refractivity contribution in [2.45, 2.75) is 91.1 Å². The van der Waals surface area contributed by atoms with Crippen LogP contribution in [0.1, 0.15) is 88.4 Å². The van der Waals surface area contributed by atoms with Crippen molar-refractivity contribution in [1.29, 1.82) is 0 Å². The van der Waals surface area contributed by atoms with E-state index in [0.29, 0.717) is 19.4 Å². The quantitative estimate of drug-likeness (QED) is 0.223. The molecule has 1 N–H and O–H groups in total. The van der Waals surface area contributed by atoms with Crippen molar-refractivity contribution >= 4 is 29.8 Å². The standard InChI is InChI=1S/C22H40N2O3S2/c1-3-5-7-9-15-28-17-11-13-23-21(26)20(19-25)22(27)24(23)14-12-18-29-16-10-8-6-4-2/h19,26H,3-18H2,1-2H3. The topological polar surface area (TPSA) is 64.2 Å². The van der Waals surface area contributed by atoms with Gasteiger partial charge in [0.05, 0.1) is 0 Å². The highest BCUT2D eigenvalue weighted by atomic mass is 32.2. The fourth-order valence-electron chi connectivity index (χ4n) is 3.25. The van der Waals surface area contributed by atoms with Gasteiger partial charge in [-0.1, -0.05) is 52.4 Å². The maximum atomic E-state index is 12.5. The van der Waals surface area contributed by atoms with Crippen LogP contribution in [0.5, 0.6) is 5.88 Å². The van der Waals surface area contributed by atoms with E-state index < -0.39 is 0 Å². The zero-order valence-electron chi connectivity index (χ0n) is 18.4. The van der Waals surface area contributed by atoms with E-state index in [0.717, 1.165) is 30.1 Å². The van der Waals surface area contributed by atoms with Gasteiger partial charge in [0.25, 0.3) is 5.56 Å². The lowest BCUT2D eigenvalue weighted by atomic mass is 10.2. The average molecular weight is 445 g/mol. The molecule has 0 aliphatic rings. The summed E-state index contributed by atoms with van der Waals surface area (Å²) in [7, 11) is 0. The van der Waals surface area contributed by atoms with E-state index in [2.05, 4.69) is 13.8 Å². The highest BCUT2D eigenvalue weighted by Crippen LogP contribution is 2.16. The summed E-state index contributed by atoms with van der Waals surface area (Å²) in [5.41, 5.74) is -0.470. The van der Waals surface area contributed by atoms with Gasteiger partial charge in [-0.15, -0.1) is 0 Å². The molecule has 0 saturated carbocycles. The van der Waals surface area contributed by atoms with E-state index in [9.17, 15) is 14.7 Å². The maximum Gasteiger partial charge on any atom is 0.281 e. The van der Waals surface area contributed by atoms with E-state index >= 15 is 0 Å². The number of hydrogen-bond acceptors (Lipinski definition) is 5. The smallest absolute Gasteiger partial charge is 0.281 e. The third kappa shape index (κ3) is 10.2. The van der Waals surface area contributed by atoms with E-state index in [-0.39, 0.29) is 17.0 Å². The number of thioether (sulfide) groups is 2. The molecule has 29 heavy (non-hydrogen) atoms. The molecular formula is C22H40N2O3S2. The Hall–Kier alpha value is -0.820. The van der Waals surface area contributed by atoms with Gasteiger partial charge in [-0.25, -0.2) is 4.68 Å². The molecule has 0 bridgehead atoms. The predicted octanol–water partition coefficient (Wildman–Crippen LogP) is 5.58. The van der Waals surface area contributed by atoms with Gasteiger partial charge >= 0.3 is 0 Å². The molecule has 0 saturated heterocycles. The number of nitrogens with zero attached hydrogens (tertiary/aromatic N) is 2. The number of aldehydes is 1. The second kappa shape index (κ2) is 16.9. The van der Waals surface area contributed by atoms with Gasteiger partial charge in [0.2, 0.25) is 5.88 Å². The van der Waals surface area contributed by atoms with Crippen LogP contribution >= 0.6 is 23.5 Å². The highest BCUT2D eigenvalue weighted by molar-refractivity contribution is 7.99. The first-order chi connectivity index (χ1) is 14.2. The Labute approximate surface area is 185 Å². The van der Waals surface area contributed by atoms with Crippen molar-refractivity contribution < 1.29 is 9.90 Å². The minimum absolute atomic E-state index is 0.107. The van der Waals surface area contributed by atoms with Crippen LogP contribution in [0.4, 0.5) is 0 Å². The van der Waals surface area contributed by atoms with Gasteiger partial charge in [-0.3, -0.25) is 14.3 Å². The number of carbonyl (C=O) groups is 1. The van der Waals surface area contributed by atoms with Crippen LogP contribution in [-0.4, -0.2) is 43.8 Å². The molecule has 0 radical (unpaired) electrons. The summed E-state index contributed by atoms with van der Waals surface area (Å²) in [5.74, 6) is 4.15. The Morgan fingerprint density at radius 1 is 0.759 bits per heavy atom. The number of hydrogen-bond donors (Lipinski definition) is 1. The molecule has 0 fully saturated rings. The van der Waals surface area contributed by atoms with E-state index in [1.165, 1.54) is 57.1 Å². The van der Waals surface area contributed by atoms with Crippen LogP contribution in [0.2, 0.25) is 0 Å². The summed E-state index contributed by atoms with van der Waals surface area (Å²) in [4.78, 5) is 23.7. The molecule has 0 aromatic carbocycles. The number of aromatic nitrogens is 2. The minimum atomic E-state index is -0.363. The van der Waals surface area contributed by atoms with Crippen molar-refractivity contribution in [3.63, 3.8) is 0 Å². The largest absolute Gasteiger partial charge is 0.493 e. The molecule has 1 rings (SSSR count). The van der Waals surface area contributed by atoms with Crippen LogP contribution in [0.3, 0.4) is 0 Å². The second-order valence-electron chi connectivity index (χ2n) is 7.46. The number of carbonyl (C=O) groups excluding carboxylic acids is 1. The number of unbranched alkanes of at least 4 members (excludes halogenated alkanes) is 6. The van der Waals surface area contributed by atoms with Crippen molar-refractivity contribution in [3.05, 3.63) is 15.9 Å². The van der Waals surface area contributed by atoms with Gasteiger partial charge in [0.15, 0.2) is 6.29 Å². The van der Waals surface area contributed by atoms with Crippen molar-refractivity contribution in [3.8, 4) is 5.88 Å². The Balaban J connectivity index is 2.42. The molecule has 0 aliphatic heterocycles. The first kappa shape index (κ1) is 26.2. The molecule has 1 aromatic heterocycles. The molecule has 7 heteroatoms. The van der Waals surface area contributed by atoms with Crippen molar-refractivity contribution in [1.82, 2.24) is 9.36 Å². The first-order valence-corrected chi connectivity index (χ1v) is 13.6. The zero-order chi connectivity index (χ0) is 21.3. The summed E-state index contributed by atoms with van der Waals surface area (Å²) < 4.78 is 3.16. The predicted molar refractivity (Wildman–Crippen MR) is 128 cm³/mol. The second-order valence-corrected chi connectivity index (χ2v) is 9.91. The van der Waals surface area contributed by atoms with E-state index in [1.54, 1.807) is 9.36 Å². The lowest BCUT2D eigenvalue weighted by Crippen LogP contribution is -2.25. The maximum absolute atomic E-state index is 12.5. The summed E-state index contributed by atoms with van der Waals surface area (Å²) in [5, 5.41) is 10.3. The third-order valence-electron chi connectivity index (χ3n) is 4.96.